The van der Waals surface area contributed by atoms with Crippen LogP contribution in [0.15, 0.2) is 18.2 Å². The van der Waals surface area contributed by atoms with Crippen LogP contribution in [0.1, 0.15) is 18.4 Å². The number of anilines is 1. The molecule has 0 spiro atoms. The number of carbonyl (C=O) groups excluding carboxylic acids is 1. The lowest BCUT2D eigenvalue weighted by Crippen LogP contribution is -2.55. The lowest BCUT2D eigenvalue weighted by atomic mass is 9.91. The molecule has 1 aromatic rings. The minimum absolute atomic E-state index is 0.226. The highest BCUT2D eigenvalue weighted by Crippen LogP contribution is 2.38. The third-order valence-electron chi connectivity index (χ3n) is 3.91. The van der Waals surface area contributed by atoms with Gasteiger partial charge < -0.3 is 15.3 Å². The number of aliphatic hydroxyl groups is 1. The van der Waals surface area contributed by atoms with Crippen LogP contribution in [0.25, 0.3) is 0 Å². The van der Waals surface area contributed by atoms with E-state index in [1.54, 1.807) is 0 Å². The summed E-state index contributed by atoms with van der Waals surface area (Å²) in [4.78, 5) is 13.2. The van der Waals surface area contributed by atoms with Crippen LogP contribution in [-0.4, -0.2) is 40.9 Å². The fraction of sp³-hybridized carbons (Fsp3) is 0.500. The molecule has 1 heterocycles. The molecule has 0 atom stereocenters. The van der Waals surface area contributed by atoms with Crippen LogP contribution < -0.4 is 5.32 Å². The average molecular weight is 320 g/mol. The van der Waals surface area contributed by atoms with Gasteiger partial charge in [0.05, 0.1) is 0 Å². The summed E-state index contributed by atoms with van der Waals surface area (Å²) in [5, 5.41) is 12.0. The number of benzene rings is 1. The van der Waals surface area contributed by atoms with Crippen molar-refractivity contribution in [2.75, 3.05) is 18.4 Å². The largest absolute Gasteiger partial charge is 0.417 e. The molecule has 2 amide bonds. The molecule has 2 N–H and O–H groups in total. The third-order valence-corrected chi connectivity index (χ3v) is 3.91. The lowest BCUT2D eigenvalue weighted by Gasteiger charge is -2.39. The molecule has 122 valence electrons. The van der Waals surface area contributed by atoms with Gasteiger partial charge in [-0.2, -0.15) is 13.2 Å². The number of rotatable bonds is 1. The van der Waals surface area contributed by atoms with Crippen molar-refractivity contribution in [1.29, 1.82) is 0 Å². The monoisotopic (exact) mass is 320 g/mol. The number of hydrogen-bond acceptors (Lipinski definition) is 2. The van der Waals surface area contributed by atoms with Crippen LogP contribution in [0.5, 0.6) is 0 Å². The van der Waals surface area contributed by atoms with Gasteiger partial charge in [-0.15, -0.1) is 0 Å². The molecule has 22 heavy (non-hydrogen) atoms. The average Bonchev–Trinajstić information content (AvgIpc) is 2.43. The van der Waals surface area contributed by atoms with Crippen LogP contribution in [0.4, 0.5) is 28.0 Å². The van der Waals surface area contributed by atoms with Gasteiger partial charge in [0.15, 0.2) is 5.60 Å². The van der Waals surface area contributed by atoms with Crippen LogP contribution >= 0.6 is 0 Å². The molecule has 2 rings (SSSR count). The van der Waals surface area contributed by atoms with Crippen molar-refractivity contribution in [2.24, 2.45) is 0 Å². The standard InChI is InChI=1S/C14H16F4N2O2/c1-9-10(15)3-2-4-11(9)19-12(21)20-7-5-13(22,6-8-20)14(16,17)18/h2-4,22H,5-8H2,1H3,(H,19,21). The predicted molar refractivity (Wildman–Crippen MR) is 72.0 cm³/mol. The number of amides is 2. The van der Waals surface area contributed by atoms with Gasteiger partial charge in [0.1, 0.15) is 5.82 Å². The van der Waals surface area contributed by atoms with E-state index in [-0.39, 0.29) is 24.3 Å². The molecule has 0 aromatic heterocycles. The van der Waals surface area contributed by atoms with Gasteiger partial charge in [-0.05, 0) is 19.1 Å². The molecule has 1 aliphatic rings. The van der Waals surface area contributed by atoms with E-state index in [4.69, 9.17) is 0 Å². The van der Waals surface area contributed by atoms with Gasteiger partial charge in [0.2, 0.25) is 0 Å². The van der Waals surface area contributed by atoms with E-state index in [0.717, 1.165) is 0 Å². The Balaban J connectivity index is 2.00. The molecule has 1 aliphatic heterocycles. The van der Waals surface area contributed by atoms with E-state index in [1.165, 1.54) is 30.0 Å². The summed E-state index contributed by atoms with van der Waals surface area (Å²) in [6, 6.07) is 3.57. The number of nitrogens with zero attached hydrogens (tertiary/aromatic N) is 1. The first-order valence-electron chi connectivity index (χ1n) is 6.74. The summed E-state index contributed by atoms with van der Waals surface area (Å²) in [7, 11) is 0. The fourth-order valence-electron chi connectivity index (χ4n) is 2.30. The molecule has 0 saturated carbocycles. The maximum Gasteiger partial charge on any atom is 0.417 e. The van der Waals surface area contributed by atoms with Crippen molar-refractivity contribution in [3.63, 3.8) is 0 Å². The molecule has 0 radical (unpaired) electrons. The minimum atomic E-state index is -4.71. The Morgan fingerprint density at radius 3 is 2.45 bits per heavy atom. The molecule has 1 fully saturated rings. The maximum atomic E-state index is 13.4. The van der Waals surface area contributed by atoms with Gasteiger partial charge in [-0.1, -0.05) is 6.07 Å². The Morgan fingerprint density at radius 1 is 1.32 bits per heavy atom. The molecule has 0 bridgehead atoms. The fourth-order valence-corrected chi connectivity index (χ4v) is 2.30. The van der Waals surface area contributed by atoms with E-state index >= 15 is 0 Å². The zero-order valence-electron chi connectivity index (χ0n) is 11.9. The summed E-state index contributed by atoms with van der Waals surface area (Å²) in [5.41, 5.74) is -2.24. The van der Waals surface area contributed by atoms with Gasteiger partial charge in [0.25, 0.3) is 0 Å². The molecular weight excluding hydrogens is 304 g/mol. The minimum Gasteiger partial charge on any atom is -0.380 e. The molecule has 8 heteroatoms. The zero-order chi connectivity index (χ0) is 16.5. The Bertz CT molecular complexity index is 566. The number of carbonyl (C=O) groups is 1. The lowest BCUT2D eigenvalue weighted by molar-refractivity contribution is -0.271. The highest BCUT2D eigenvalue weighted by molar-refractivity contribution is 5.90. The molecule has 0 unspecified atom stereocenters. The Kier molecular flexibility index (Phi) is 4.32. The number of alkyl halides is 3. The molecule has 0 aliphatic carbocycles. The van der Waals surface area contributed by atoms with Crippen molar-refractivity contribution in [3.8, 4) is 0 Å². The first-order valence-corrected chi connectivity index (χ1v) is 6.74. The van der Waals surface area contributed by atoms with Gasteiger partial charge in [0, 0.05) is 37.2 Å². The van der Waals surface area contributed by atoms with Crippen LogP contribution in [0.2, 0.25) is 0 Å². The van der Waals surface area contributed by atoms with E-state index in [2.05, 4.69) is 5.32 Å². The van der Waals surface area contributed by atoms with Crippen LogP contribution in [0.3, 0.4) is 0 Å². The van der Waals surface area contributed by atoms with Crippen molar-refractivity contribution in [1.82, 2.24) is 4.90 Å². The highest BCUT2D eigenvalue weighted by atomic mass is 19.4. The predicted octanol–water partition coefficient (Wildman–Crippen LogP) is 3.06. The van der Waals surface area contributed by atoms with E-state index in [1.807, 2.05) is 0 Å². The summed E-state index contributed by atoms with van der Waals surface area (Å²) in [6.07, 6.45) is -5.87. The molecule has 1 aromatic carbocycles. The normalized spacial score (nSPS) is 18.2. The second-order valence-corrected chi connectivity index (χ2v) is 5.36. The van der Waals surface area contributed by atoms with E-state index in [9.17, 15) is 27.5 Å². The Labute approximate surface area is 124 Å². The van der Waals surface area contributed by atoms with Crippen LogP contribution in [0, 0.1) is 12.7 Å². The van der Waals surface area contributed by atoms with E-state index < -0.39 is 36.5 Å². The zero-order valence-corrected chi connectivity index (χ0v) is 11.9. The maximum absolute atomic E-state index is 13.4. The van der Waals surface area contributed by atoms with Crippen molar-refractivity contribution in [3.05, 3.63) is 29.6 Å². The number of urea groups is 1. The summed E-state index contributed by atoms with van der Waals surface area (Å²) in [6.45, 7) is 1.04. The first kappa shape index (κ1) is 16.5. The smallest absolute Gasteiger partial charge is 0.380 e. The number of hydrogen-bond donors (Lipinski definition) is 2. The topological polar surface area (TPSA) is 52.6 Å². The van der Waals surface area contributed by atoms with Crippen LogP contribution in [-0.2, 0) is 0 Å². The van der Waals surface area contributed by atoms with Crippen molar-refractivity contribution in [2.45, 2.75) is 31.5 Å². The number of likely N-dealkylation sites (tertiary alicyclic amines) is 1. The quantitative estimate of drug-likeness (QED) is 0.782. The second-order valence-electron chi connectivity index (χ2n) is 5.36. The molecular formula is C14H16F4N2O2. The van der Waals surface area contributed by atoms with Gasteiger partial charge in [-0.3, -0.25) is 0 Å². The number of nitrogens with one attached hydrogen (secondary N) is 1. The molecule has 1 saturated heterocycles. The third kappa shape index (κ3) is 3.16. The van der Waals surface area contributed by atoms with Gasteiger partial charge in [-0.25, -0.2) is 9.18 Å². The first-order chi connectivity index (χ1) is 10.1. The Hall–Kier alpha value is -1.83. The van der Waals surface area contributed by atoms with Crippen molar-refractivity contribution < 1.29 is 27.5 Å². The van der Waals surface area contributed by atoms with Crippen molar-refractivity contribution >= 4 is 11.7 Å². The summed E-state index contributed by atoms with van der Waals surface area (Å²) >= 11 is 0. The Morgan fingerprint density at radius 2 is 1.91 bits per heavy atom. The van der Waals surface area contributed by atoms with E-state index in [0.29, 0.717) is 0 Å². The second kappa shape index (κ2) is 5.75. The molecule has 4 nitrogen and oxygen atoms in total. The number of halogens is 4. The summed E-state index contributed by atoms with van der Waals surface area (Å²) in [5.74, 6) is -0.483. The number of piperidine rings is 1. The van der Waals surface area contributed by atoms with Gasteiger partial charge >= 0.3 is 12.2 Å². The highest BCUT2D eigenvalue weighted by Gasteiger charge is 2.54. The summed E-state index contributed by atoms with van der Waals surface area (Å²) < 4.78 is 51.4. The SMILES string of the molecule is Cc1c(F)cccc1NC(=O)N1CCC(O)(C(F)(F)F)CC1.